The van der Waals surface area contributed by atoms with Gasteiger partial charge in [0.25, 0.3) is 0 Å². The quantitative estimate of drug-likeness (QED) is 0.871. The van der Waals surface area contributed by atoms with Gasteiger partial charge in [0.15, 0.2) is 0 Å². The van der Waals surface area contributed by atoms with Crippen LogP contribution in [0.25, 0.3) is 0 Å². The largest absolute Gasteiger partial charge is 0.416 e. The maximum atomic E-state index is 12.5. The zero-order valence-corrected chi connectivity index (χ0v) is 13.0. The van der Waals surface area contributed by atoms with E-state index in [2.05, 4.69) is 10.6 Å². The van der Waals surface area contributed by atoms with Crippen LogP contribution in [0.15, 0.2) is 24.3 Å². The second kappa shape index (κ2) is 7.31. The molecule has 1 heterocycles. The van der Waals surface area contributed by atoms with Crippen LogP contribution in [-0.4, -0.2) is 32.7 Å². The van der Waals surface area contributed by atoms with Crippen LogP contribution in [0.4, 0.5) is 13.2 Å². The van der Waals surface area contributed by atoms with Crippen molar-refractivity contribution in [1.29, 1.82) is 0 Å². The van der Waals surface area contributed by atoms with Crippen LogP contribution >= 0.6 is 0 Å². The standard InChI is InChI=1S/C16H21F3N2O2/c1-23-11-15(6-8-20-9-7-15)14(22)21-10-12-2-4-13(5-3-12)16(17,18)19/h2-5,20H,6-11H2,1H3,(H,21,22). The molecule has 1 aromatic carbocycles. The fourth-order valence-corrected chi connectivity index (χ4v) is 2.80. The van der Waals surface area contributed by atoms with E-state index in [-0.39, 0.29) is 12.5 Å². The van der Waals surface area contributed by atoms with Crippen LogP contribution in [0, 0.1) is 5.41 Å². The summed E-state index contributed by atoms with van der Waals surface area (Å²) in [6.45, 7) is 2.04. The Morgan fingerprint density at radius 2 is 1.87 bits per heavy atom. The molecule has 0 atom stereocenters. The molecule has 0 saturated carbocycles. The van der Waals surface area contributed by atoms with E-state index in [9.17, 15) is 18.0 Å². The maximum absolute atomic E-state index is 12.5. The Morgan fingerprint density at radius 1 is 1.26 bits per heavy atom. The van der Waals surface area contributed by atoms with Gasteiger partial charge in [-0.05, 0) is 43.6 Å². The highest BCUT2D eigenvalue weighted by Crippen LogP contribution is 2.30. The van der Waals surface area contributed by atoms with Crippen molar-refractivity contribution >= 4 is 5.91 Å². The molecule has 2 rings (SSSR count). The number of benzene rings is 1. The van der Waals surface area contributed by atoms with E-state index in [0.29, 0.717) is 25.0 Å². The molecule has 1 amide bonds. The molecule has 7 heteroatoms. The smallest absolute Gasteiger partial charge is 0.384 e. The predicted octanol–water partition coefficient (Wildman–Crippen LogP) is 2.34. The minimum Gasteiger partial charge on any atom is -0.384 e. The number of rotatable bonds is 5. The minimum absolute atomic E-state index is 0.110. The van der Waals surface area contributed by atoms with Crippen molar-refractivity contribution in [2.75, 3.05) is 26.8 Å². The summed E-state index contributed by atoms with van der Waals surface area (Å²) in [6, 6.07) is 4.82. The number of methoxy groups -OCH3 is 1. The summed E-state index contributed by atoms with van der Waals surface area (Å²) >= 11 is 0. The molecule has 0 aliphatic carbocycles. The van der Waals surface area contributed by atoms with Crippen LogP contribution in [0.3, 0.4) is 0 Å². The lowest BCUT2D eigenvalue weighted by molar-refractivity contribution is -0.138. The SMILES string of the molecule is COCC1(C(=O)NCc2ccc(C(F)(F)F)cc2)CCNCC1. The number of hydrogen-bond acceptors (Lipinski definition) is 3. The Kier molecular flexibility index (Phi) is 5.64. The fourth-order valence-electron chi connectivity index (χ4n) is 2.80. The molecular weight excluding hydrogens is 309 g/mol. The van der Waals surface area contributed by atoms with Gasteiger partial charge in [-0.2, -0.15) is 13.2 Å². The first kappa shape index (κ1) is 17.7. The van der Waals surface area contributed by atoms with Gasteiger partial charge in [-0.25, -0.2) is 0 Å². The van der Waals surface area contributed by atoms with Crippen molar-refractivity contribution in [2.24, 2.45) is 5.41 Å². The van der Waals surface area contributed by atoms with Gasteiger partial charge in [0.05, 0.1) is 17.6 Å². The number of ether oxygens (including phenoxy) is 1. The molecule has 1 aliphatic rings. The number of alkyl halides is 3. The van der Waals surface area contributed by atoms with Crippen molar-refractivity contribution < 1.29 is 22.7 Å². The second-order valence-corrected chi connectivity index (χ2v) is 5.84. The van der Waals surface area contributed by atoms with Gasteiger partial charge in [-0.1, -0.05) is 12.1 Å². The summed E-state index contributed by atoms with van der Waals surface area (Å²) in [5.74, 6) is -0.110. The van der Waals surface area contributed by atoms with Crippen LogP contribution in [-0.2, 0) is 22.3 Å². The topological polar surface area (TPSA) is 50.4 Å². The van der Waals surface area contributed by atoms with Crippen molar-refractivity contribution in [2.45, 2.75) is 25.6 Å². The Morgan fingerprint density at radius 3 is 2.39 bits per heavy atom. The fraction of sp³-hybridized carbons (Fsp3) is 0.562. The lowest BCUT2D eigenvalue weighted by atomic mass is 9.78. The zero-order chi connectivity index (χ0) is 16.9. The highest BCUT2D eigenvalue weighted by atomic mass is 19.4. The normalized spacial score (nSPS) is 17.7. The first-order valence-corrected chi connectivity index (χ1v) is 7.51. The van der Waals surface area contributed by atoms with Gasteiger partial charge in [-0.15, -0.1) is 0 Å². The molecule has 0 unspecified atom stereocenters. The molecule has 0 spiro atoms. The highest BCUT2D eigenvalue weighted by Gasteiger charge is 2.39. The summed E-state index contributed by atoms with van der Waals surface area (Å²) in [5.41, 5.74) is -0.624. The lowest BCUT2D eigenvalue weighted by Crippen LogP contribution is -2.49. The average Bonchev–Trinajstić information content (AvgIpc) is 2.53. The third-order valence-electron chi connectivity index (χ3n) is 4.20. The van der Waals surface area contributed by atoms with E-state index >= 15 is 0 Å². The van der Waals surface area contributed by atoms with Gasteiger partial charge in [0.1, 0.15) is 0 Å². The molecule has 0 bridgehead atoms. The van der Waals surface area contributed by atoms with E-state index in [4.69, 9.17) is 4.74 Å². The number of hydrogen-bond donors (Lipinski definition) is 2. The summed E-state index contributed by atoms with van der Waals surface area (Å²) in [7, 11) is 1.56. The molecule has 1 aromatic rings. The van der Waals surface area contributed by atoms with Crippen molar-refractivity contribution in [3.63, 3.8) is 0 Å². The van der Waals surface area contributed by atoms with E-state index in [1.54, 1.807) is 7.11 Å². The third-order valence-corrected chi connectivity index (χ3v) is 4.20. The van der Waals surface area contributed by atoms with Crippen LogP contribution in [0.5, 0.6) is 0 Å². The predicted molar refractivity (Wildman–Crippen MR) is 79.7 cm³/mol. The average molecular weight is 330 g/mol. The van der Waals surface area contributed by atoms with Crippen LogP contribution < -0.4 is 10.6 Å². The zero-order valence-electron chi connectivity index (χ0n) is 13.0. The van der Waals surface area contributed by atoms with Crippen molar-refractivity contribution in [1.82, 2.24) is 10.6 Å². The Bertz CT molecular complexity index is 518. The molecule has 128 valence electrons. The number of amides is 1. The number of carbonyl (C=O) groups is 1. The van der Waals surface area contributed by atoms with Crippen molar-refractivity contribution in [3.8, 4) is 0 Å². The van der Waals surface area contributed by atoms with E-state index in [0.717, 1.165) is 25.2 Å². The molecule has 4 nitrogen and oxygen atoms in total. The molecule has 1 aliphatic heterocycles. The Labute approximate surface area is 133 Å². The summed E-state index contributed by atoms with van der Waals surface area (Å²) in [4.78, 5) is 12.5. The van der Waals surface area contributed by atoms with E-state index in [1.807, 2.05) is 0 Å². The summed E-state index contributed by atoms with van der Waals surface area (Å²) in [6.07, 6.45) is -2.99. The Balaban J connectivity index is 1.97. The molecule has 0 radical (unpaired) electrons. The molecule has 2 N–H and O–H groups in total. The van der Waals surface area contributed by atoms with Crippen LogP contribution in [0.1, 0.15) is 24.0 Å². The van der Waals surface area contributed by atoms with Crippen LogP contribution in [0.2, 0.25) is 0 Å². The first-order chi connectivity index (χ1) is 10.9. The van der Waals surface area contributed by atoms with Gasteiger partial charge in [0.2, 0.25) is 5.91 Å². The van der Waals surface area contributed by atoms with Crippen molar-refractivity contribution in [3.05, 3.63) is 35.4 Å². The molecule has 1 fully saturated rings. The number of carbonyl (C=O) groups excluding carboxylic acids is 1. The first-order valence-electron chi connectivity index (χ1n) is 7.51. The second-order valence-electron chi connectivity index (χ2n) is 5.84. The minimum atomic E-state index is -4.35. The van der Waals surface area contributed by atoms with Gasteiger partial charge in [-0.3, -0.25) is 4.79 Å². The summed E-state index contributed by atoms with van der Waals surface area (Å²) in [5, 5.41) is 6.03. The van der Waals surface area contributed by atoms with E-state index in [1.165, 1.54) is 12.1 Å². The molecule has 1 saturated heterocycles. The summed E-state index contributed by atoms with van der Waals surface area (Å²) < 4.78 is 42.8. The third kappa shape index (κ3) is 4.45. The number of piperidine rings is 1. The van der Waals surface area contributed by atoms with E-state index < -0.39 is 17.2 Å². The van der Waals surface area contributed by atoms with Gasteiger partial charge >= 0.3 is 6.18 Å². The van der Waals surface area contributed by atoms with Gasteiger partial charge in [0, 0.05) is 13.7 Å². The van der Waals surface area contributed by atoms with Gasteiger partial charge < -0.3 is 15.4 Å². The Hall–Kier alpha value is -1.60. The molecular formula is C16H21F3N2O2. The number of nitrogens with one attached hydrogen (secondary N) is 2. The molecule has 0 aromatic heterocycles. The lowest BCUT2D eigenvalue weighted by Gasteiger charge is -2.35. The highest BCUT2D eigenvalue weighted by molar-refractivity contribution is 5.83. The maximum Gasteiger partial charge on any atom is 0.416 e. The molecule has 23 heavy (non-hydrogen) atoms. The monoisotopic (exact) mass is 330 g/mol. The number of halogens is 3.